The molecule has 0 spiro atoms. The zero-order valence-electron chi connectivity index (χ0n) is 13.3. The first-order chi connectivity index (χ1) is 10.4. The van der Waals surface area contributed by atoms with Gasteiger partial charge in [-0.15, -0.1) is 0 Å². The van der Waals surface area contributed by atoms with Crippen LogP contribution < -0.4 is 4.74 Å². The number of carbonyl (C=O) groups is 2. The van der Waals surface area contributed by atoms with Crippen molar-refractivity contribution in [2.24, 2.45) is 0 Å². The molecule has 1 amide bonds. The third-order valence-electron chi connectivity index (χ3n) is 3.05. The molecule has 0 aliphatic carbocycles. The van der Waals surface area contributed by atoms with Crippen LogP contribution in [0, 0.1) is 0 Å². The maximum Gasteiger partial charge on any atom is 0.303 e. The van der Waals surface area contributed by atoms with Crippen molar-refractivity contribution in [1.29, 1.82) is 0 Å². The molecule has 0 radical (unpaired) electrons. The molecule has 0 bridgehead atoms. The molecule has 0 atom stereocenters. The SMILES string of the molecule is CC(C)=CCOc1cccc(C(=O)N(C)CCCC(=O)O)c1. The van der Waals surface area contributed by atoms with Crippen LogP contribution >= 0.6 is 0 Å². The Hall–Kier alpha value is -2.30. The lowest BCUT2D eigenvalue weighted by molar-refractivity contribution is -0.137. The van der Waals surface area contributed by atoms with Crippen molar-refractivity contribution in [3.8, 4) is 5.75 Å². The summed E-state index contributed by atoms with van der Waals surface area (Å²) in [5.74, 6) is -0.351. The Bertz CT molecular complexity index is 547. The molecule has 1 aromatic rings. The molecule has 1 aromatic carbocycles. The number of rotatable bonds is 8. The molecule has 0 saturated carbocycles. The molecule has 0 unspecified atom stereocenters. The Morgan fingerprint density at radius 2 is 2.05 bits per heavy atom. The Kier molecular flexibility index (Phi) is 7.16. The number of carbonyl (C=O) groups excluding carboxylic acids is 1. The number of aliphatic carboxylic acids is 1. The van der Waals surface area contributed by atoms with Gasteiger partial charge in [-0.25, -0.2) is 0 Å². The Balaban J connectivity index is 2.61. The van der Waals surface area contributed by atoms with E-state index in [0.29, 0.717) is 30.9 Å². The molecular formula is C17H23NO4. The molecule has 0 aliphatic rings. The molecule has 120 valence electrons. The number of carboxylic acid groups (broad SMARTS) is 1. The number of hydrogen-bond acceptors (Lipinski definition) is 3. The van der Waals surface area contributed by atoms with Crippen molar-refractivity contribution in [3.63, 3.8) is 0 Å². The van der Waals surface area contributed by atoms with Crippen LogP contribution in [-0.4, -0.2) is 42.1 Å². The minimum atomic E-state index is -0.851. The molecule has 5 heteroatoms. The molecule has 0 aromatic heterocycles. The summed E-state index contributed by atoms with van der Waals surface area (Å²) >= 11 is 0. The average molecular weight is 305 g/mol. The van der Waals surface area contributed by atoms with Crippen LogP contribution in [0.4, 0.5) is 0 Å². The van der Waals surface area contributed by atoms with Gasteiger partial charge in [0.1, 0.15) is 12.4 Å². The molecule has 0 fully saturated rings. The van der Waals surface area contributed by atoms with Gasteiger partial charge in [0.05, 0.1) is 0 Å². The maximum atomic E-state index is 12.3. The van der Waals surface area contributed by atoms with Crippen LogP contribution in [0.3, 0.4) is 0 Å². The number of benzene rings is 1. The first-order valence-electron chi connectivity index (χ1n) is 7.23. The Morgan fingerprint density at radius 3 is 2.68 bits per heavy atom. The summed E-state index contributed by atoms with van der Waals surface area (Å²) in [6, 6.07) is 7.01. The van der Waals surface area contributed by atoms with Gasteiger partial charge in [-0.05, 0) is 44.5 Å². The molecule has 5 nitrogen and oxygen atoms in total. The molecule has 0 heterocycles. The molecule has 0 saturated heterocycles. The third-order valence-corrected chi connectivity index (χ3v) is 3.05. The van der Waals surface area contributed by atoms with Gasteiger partial charge in [0.15, 0.2) is 0 Å². The second-order valence-electron chi connectivity index (χ2n) is 5.34. The second kappa shape index (κ2) is 8.87. The van der Waals surface area contributed by atoms with E-state index in [9.17, 15) is 9.59 Å². The van der Waals surface area contributed by atoms with Gasteiger partial charge in [0, 0.05) is 25.6 Å². The lowest BCUT2D eigenvalue weighted by Crippen LogP contribution is -2.28. The van der Waals surface area contributed by atoms with Crippen LogP contribution in [0.15, 0.2) is 35.9 Å². The highest BCUT2D eigenvalue weighted by molar-refractivity contribution is 5.94. The number of nitrogens with zero attached hydrogens (tertiary/aromatic N) is 1. The first kappa shape index (κ1) is 17.8. The van der Waals surface area contributed by atoms with E-state index >= 15 is 0 Å². The lowest BCUT2D eigenvalue weighted by Gasteiger charge is -2.17. The highest BCUT2D eigenvalue weighted by Gasteiger charge is 2.12. The lowest BCUT2D eigenvalue weighted by atomic mass is 10.2. The van der Waals surface area contributed by atoms with Crippen LogP contribution in [-0.2, 0) is 4.79 Å². The van der Waals surface area contributed by atoms with Gasteiger partial charge in [-0.1, -0.05) is 11.6 Å². The summed E-state index contributed by atoms with van der Waals surface area (Å²) in [6.07, 6.45) is 2.46. The number of allylic oxidation sites excluding steroid dienone is 1. The second-order valence-corrected chi connectivity index (χ2v) is 5.34. The Labute approximate surface area is 131 Å². The van der Waals surface area contributed by atoms with Gasteiger partial charge in [0.2, 0.25) is 0 Å². The van der Waals surface area contributed by atoms with E-state index < -0.39 is 5.97 Å². The number of amides is 1. The standard InChI is InChI=1S/C17H23NO4/c1-13(2)9-11-22-15-7-4-6-14(12-15)17(21)18(3)10-5-8-16(19)20/h4,6-7,9,12H,5,8,10-11H2,1-3H3,(H,19,20). The summed E-state index contributed by atoms with van der Waals surface area (Å²) in [5.41, 5.74) is 1.71. The molecule has 1 N–H and O–H groups in total. The molecule has 0 aliphatic heterocycles. The Morgan fingerprint density at radius 1 is 1.32 bits per heavy atom. The van der Waals surface area contributed by atoms with Crippen molar-refractivity contribution in [1.82, 2.24) is 4.90 Å². The van der Waals surface area contributed by atoms with Gasteiger partial charge in [-0.3, -0.25) is 9.59 Å². The van der Waals surface area contributed by atoms with E-state index in [1.54, 1.807) is 31.3 Å². The fourth-order valence-electron chi connectivity index (χ4n) is 1.81. The third kappa shape index (κ3) is 6.43. The predicted molar refractivity (Wildman–Crippen MR) is 85.2 cm³/mol. The molecule has 22 heavy (non-hydrogen) atoms. The largest absolute Gasteiger partial charge is 0.490 e. The highest BCUT2D eigenvalue weighted by atomic mass is 16.5. The minimum absolute atomic E-state index is 0.0590. The van der Waals surface area contributed by atoms with E-state index in [2.05, 4.69) is 0 Å². The fourth-order valence-corrected chi connectivity index (χ4v) is 1.81. The summed E-state index contributed by atoms with van der Waals surface area (Å²) < 4.78 is 5.58. The van der Waals surface area contributed by atoms with Crippen LogP contribution in [0.2, 0.25) is 0 Å². The smallest absolute Gasteiger partial charge is 0.303 e. The summed E-state index contributed by atoms with van der Waals surface area (Å²) in [6.45, 7) is 4.87. The van der Waals surface area contributed by atoms with E-state index in [4.69, 9.17) is 9.84 Å². The van der Waals surface area contributed by atoms with Crippen LogP contribution in [0.1, 0.15) is 37.0 Å². The number of hydrogen-bond donors (Lipinski definition) is 1. The van der Waals surface area contributed by atoms with Gasteiger partial charge < -0.3 is 14.7 Å². The topological polar surface area (TPSA) is 66.8 Å². The summed E-state index contributed by atoms with van der Waals surface area (Å²) in [5, 5.41) is 8.62. The minimum Gasteiger partial charge on any atom is -0.490 e. The number of carboxylic acids is 1. The van der Waals surface area contributed by atoms with Crippen molar-refractivity contribution in [2.75, 3.05) is 20.2 Å². The quantitative estimate of drug-likeness (QED) is 0.750. The fraction of sp³-hybridized carbons (Fsp3) is 0.412. The average Bonchev–Trinajstić information content (AvgIpc) is 2.46. The van der Waals surface area contributed by atoms with Crippen molar-refractivity contribution in [2.45, 2.75) is 26.7 Å². The highest BCUT2D eigenvalue weighted by Crippen LogP contribution is 2.15. The maximum absolute atomic E-state index is 12.3. The van der Waals surface area contributed by atoms with E-state index in [1.807, 2.05) is 19.9 Å². The van der Waals surface area contributed by atoms with E-state index in [0.717, 1.165) is 0 Å². The summed E-state index contributed by atoms with van der Waals surface area (Å²) in [7, 11) is 1.67. The zero-order chi connectivity index (χ0) is 16.5. The molecular weight excluding hydrogens is 282 g/mol. The van der Waals surface area contributed by atoms with Crippen LogP contribution in [0.25, 0.3) is 0 Å². The number of ether oxygens (including phenoxy) is 1. The van der Waals surface area contributed by atoms with E-state index in [-0.39, 0.29) is 12.3 Å². The van der Waals surface area contributed by atoms with Gasteiger partial charge >= 0.3 is 5.97 Å². The van der Waals surface area contributed by atoms with Crippen molar-refractivity contribution >= 4 is 11.9 Å². The summed E-state index contributed by atoms with van der Waals surface area (Å²) in [4.78, 5) is 24.3. The van der Waals surface area contributed by atoms with E-state index in [1.165, 1.54) is 10.5 Å². The van der Waals surface area contributed by atoms with Gasteiger partial charge in [-0.2, -0.15) is 0 Å². The molecule has 1 rings (SSSR count). The predicted octanol–water partition coefficient (Wildman–Crippen LogP) is 2.97. The van der Waals surface area contributed by atoms with Crippen molar-refractivity contribution < 1.29 is 19.4 Å². The zero-order valence-corrected chi connectivity index (χ0v) is 13.3. The first-order valence-corrected chi connectivity index (χ1v) is 7.23. The van der Waals surface area contributed by atoms with Crippen molar-refractivity contribution in [3.05, 3.63) is 41.5 Å². The van der Waals surface area contributed by atoms with Crippen LogP contribution in [0.5, 0.6) is 5.75 Å². The normalized spacial score (nSPS) is 9.95. The monoisotopic (exact) mass is 305 g/mol. The van der Waals surface area contributed by atoms with Gasteiger partial charge in [0.25, 0.3) is 5.91 Å².